The van der Waals surface area contributed by atoms with Crippen LogP contribution in [-0.4, -0.2) is 19.5 Å². The van der Waals surface area contributed by atoms with Crippen LogP contribution in [0.4, 0.5) is 4.79 Å². The first kappa shape index (κ1) is 11.5. The summed E-state index contributed by atoms with van der Waals surface area (Å²) in [5.74, 6) is 0. The van der Waals surface area contributed by atoms with Crippen molar-refractivity contribution in [3.05, 3.63) is 34.9 Å². The standard InChI is InChI=1S/C10H9ClNO3/c1-15-10(14)12-9(6-13)7-4-2-3-5-8(7)11/h2-5,9H,1H3,(H,12,14)/t9-/m0/s1. The van der Waals surface area contributed by atoms with Crippen molar-refractivity contribution in [1.29, 1.82) is 0 Å². The summed E-state index contributed by atoms with van der Waals surface area (Å²) in [6.45, 7) is 0. The highest BCUT2D eigenvalue weighted by Crippen LogP contribution is 2.21. The minimum absolute atomic E-state index is 0.391. The number of carbonyl (C=O) groups excluding carboxylic acids is 2. The van der Waals surface area contributed by atoms with Gasteiger partial charge in [-0.1, -0.05) is 29.8 Å². The Kier molecular flexibility index (Phi) is 4.12. The molecule has 0 aliphatic rings. The number of halogens is 1. The fourth-order valence-corrected chi connectivity index (χ4v) is 1.30. The minimum atomic E-state index is -0.911. The summed E-state index contributed by atoms with van der Waals surface area (Å²) in [6, 6.07) is 5.79. The van der Waals surface area contributed by atoms with Gasteiger partial charge in [-0.2, -0.15) is 0 Å². The molecule has 4 nitrogen and oxygen atoms in total. The molecule has 0 heterocycles. The number of rotatable bonds is 3. The molecule has 1 atom stereocenters. The fourth-order valence-electron chi connectivity index (χ4n) is 1.06. The molecule has 0 saturated carbocycles. The molecular weight excluding hydrogens is 218 g/mol. The lowest BCUT2D eigenvalue weighted by atomic mass is 10.1. The van der Waals surface area contributed by atoms with E-state index in [1.807, 2.05) is 0 Å². The minimum Gasteiger partial charge on any atom is -0.453 e. The molecule has 79 valence electrons. The van der Waals surface area contributed by atoms with Gasteiger partial charge in [-0.25, -0.2) is 4.79 Å². The molecule has 0 fully saturated rings. The Morgan fingerprint density at radius 1 is 1.53 bits per heavy atom. The van der Waals surface area contributed by atoms with E-state index in [-0.39, 0.29) is 0 Å². The van der Waals surface area contributed by atoms with E-state index in [9.17, 15) is 9.59 Å². The number of alkyl carbamates (subject to hydrolysis) is 1. The largest absolute Gasteiger partial charge is 0.453 e. The van der Waals surface area contributed by atoms with Gasteiger partial charge in [0.05, 0.1) is 7.11 Å². The Hall–Kier alpha value is -1.55. The normalized spacial score (nSPS) is 11.6. The Labute approximate surface area is 92.2 Å². The predicted molar refractivity (Wildman–Crippen MR) is 55.4 cm³/mol. The number of ether oxygens (including phenoxy) is 1. The molecular formula is C10H9ClNO3. The van der Waals surface area contributed by atoms with Gasteiger partial charge in [-0.3, -0.25) is 4.79 Å². The quantitative estimate of drug-likeness (QED) is 0.856. The first-order valence-electron chi connectivity index (χ1n) is 4.15. The van der Waals surface area contributed by atoms with E-state index < -0.39 is 12.1 Å². The molecule has 0 aromatic heterocycles. The third-order valence-electron chi connectivity index (χ3n) is 1.78. The van der Waals surface area contributed by atoms with E-state index in [1.165, 1.54) is 7.11 Å². The van der Waals surface area contributed by atoms with Crippen molar-refractivity contribution >= 4 is 24.0 Å². The summed E-state index contributed by atoms with van der Waals surface area (Å²) in [5.41, 5.74) is 0.486. The summed E-state index contributed by atoms with van der Waals surface area (Å²) < 4.78 is 4.37. The molecule has 0 saturated heterocycles. The van der Waals surface area contributed by atoms with Gasteiger partial charge in [0.15, 0.2) is 0 Å². The summed E-state index contributed by atoms with van der Waals surface area (Å²) in [6.07, 6.45) is 0.973. The maximum Gasteiger partial charge on any atom is 0.407 e. The fraction of sp³-hybridized carbons (Fsp3) is 0.200. The molecule has 1 radical (unpaired) electrons. The molecule has 0 aliphatic carbocycles. The zero-order valence-corrected chi connectivity index (χ0v) is 8.75. The first-order valence-corrected chi connectivity index (χ1v) is 4.53. The summed E-state index contributed by atoms with van der Waals surface area (Å²) in [5, 5.41) is 2.70. The predicted octanol–water partition coefficient (Wildman–Crippen LogP) is 1.85. The summed E-state index contributed by atoms with van der Waals surface area (Å²) >= 11 is 5.85. The Morgan fingerprint density at radius 3 is 2.73 bits per heavy atom. The van der Waals surface area contributed by atoms with Crippen LogP contribution in [0.15, 0.2) is 24.3 Å². The second kappa shape index (κ2) is 5.36. The van der Waals surface area contributed by atoms with Gasteiger partial charge in [0.25, 0.3) is 0 Å². The van der Waals surface area contributed by atoms with E-state index in [1.54, 1.807) is 30.6 Å². The molecule has 15 heavy (non-hydrogen) atoms. The summed E-state index contributed by atoms with van der Waals surface area (Å²) in [4.78, 5) is 21.6. The van der Waals surface area contributed by atoms with Gasteiger partial charge in [0.2, 0.25) is 6.29 Å². The molecule has 0 bridgehead atoms. The number of amides is 1. The number of hydrogen-bond acceptors (Lipinski definition) is 3. The van der Waals surface area contributed by atoms with Crippen molar-refractivity contribution in [1.82, 2.24) is 5.32 Å². The number of nitrogens with one attached hydrogen (secondary N) is 1. The smallest absolute Gasteiger partial charge is 0.407 e. The number of carbonyl (C=O) groups is 1. The van der Waals surface area contributed by atoms with Crippen molar-refractivity contribution < 1.29 is 14.3 Å². The Morgan fingerprint density at radius 2 is 2.20 bits per heavy atom. The Bertz CT molecular complexity index is 367. The van der Waals surface area contributed by atoms with Gasteiger partial charge in [-0.05, 0) is 6.07 Å². The number of methoxy groups -OCH3 is 1. The average molecular weight is 227 g/mol. The van der Waals surface area contributed by atoms with Crippen LogP contribution >= 0.6 is 11.6 Å². The zero-order chi connectivity index (χ0) is 11.3. The zero-order valence-electron chi connectivity index (χ0n) is 7.99. The second-order valence-corrected chi connectivity index (χ2v) is 3.12. The third-order valence-corrected chi connectivity index (χ3v) is 2.13. The van der Waals surface area contributed by atoms with Gasteiger partial charge in [-0.15, -0.1) is 0 Å². The maximum atomic E-state index is 10.9. The van der Waals surface area contributed by atoms with E-state index >= 15 is 0 Å². The summed E-state index contributed by atoms with van der Waals surface area (Å²) in [7, 11) is 1.21. The van der Waals surface area contributed by atoms with Crippen molar-refractivity contribution in [3.63, 3.8) is 0 Å². The molecule has 1 aromatic rings. The highest BCUT2D eigenvalue weighted by Gasteiger charge is 2.16. The SMILES string of the molecule is COC(=O)N[C@@H]([C]=O)c1ccccc1Cl. The lowest BCUT2D eigenvalue weighted by Crippen LogP contribution is -2.29. The van der Waals surface area contributed by atoms with Crippen LogP contribution in [0.5, 0.6) is 0 Å². The molecule has 1 rings (SSSR count). The maximum absolute atomic E-state index is 10.9. The van der Waals surface area contributed by atoms with E-state index in [4.69, 9.17) is 11.6 Å². The topological polar surface area (TPSA) is 55.4 Å². The molecule has 1 N–H and O–H groups in total. The van der Waals surface area contributed by atoms with Crippen LogP contribution in [-0.2, 0) is 9.53 Å². The molecule has 1 amide bonds. The van der Waals surface area contributed by atoms with Crippen molar-refractivity contribution in [2.75, 3.05) is 7.11 Å². The Balaban J connectivity index is 2.88. The van der Waals surface area contributed by atoms with Crippen molar-refractivity contribution in [2.45, 2.75) is 6.04 Å². The monoisotopic (exact) mass is 226 g/mol. The van der Waals surface area contributed by atoms with Crippen LogP contribution in [0.3, 0.4) is 0 Å². The lowest BCUT2D eigenvalue weighted by Gasteiger charge is -2.12. The van der Waals surface area contributed by atoms with E-state index in [0.717, 1.165) is 0 Å². The lowest BCUT2D eigenvalue weighted by molar-refractivity contribution is 0.169. The highest BCUT2D eigenvalue weighted by molar-refractivity contribution is 6.31. The van der Waals surface area contributed by atoms with E-state index in [0.29, 0.717) is 10.6 Å². The first-order chi connectivity index (χ1) is 7.19. The van der Waals surface area contributed by atoms with Crippen LogP contribution in [0.2, 0.25) is 5.02 Å². The van der Waals surface area contributed by atoms with Crippen LogP contribution < -0.4 is 5.32 Å². The molecule has 5 heteroatoms. The van der Waals surface area contributed by atoms with Gasteiger partial charge < -0.3 is 10.1 Å². The van der Waals surface area contributed by atoms with Crippen molar-refractivity contribution in [2.24, 2.45) is 0 Å². The van der Waals surface area contributed by atoms with E-state index in [2.05, 4.69) is 10.1 Å². The van der Waals surface area contributed by atoms with Crippen LogP contribution in [0.25, 0.3) is 0 Å². The highest BCUT2D eigenvalue weighted by atomic mass is 35.5. The number of benzene rings is 1. The van der Waals surface area contributed by atoms with Gasteiger partial charge in [0, 0.05) is 10.6 Å². The van der Waals surface area contributed by atoms with Gasteiger partial charge >= 0.3 is 6.09 Å². The molecule has 0 spiro atoms. The molecule has 1 aromatic carbocycles. The van der Waals surface area contributed by atoms with Crippen molar-refractivity contribution in [3.8, 4) is 0 Å². The number of hydrogen-bond donors (Lipinski definition) is 1. The third kappa shape index (κ3) is 2.95. The van der Waals surface area contributed by atoms with Crippen LogP contribution in [0.1, 0.15) is 11.6 Å². The van der Waals surface area contributed by atoms with Gasteiger partial charge in [0.1, 0.15) is 6.04 Å². The molecule has 0 aliphatic heterocycles. The van der Waals surface area contributed by atoms with Crippen LogP contribution in [0, 0.1) is 0 Å². The average Bonchev–Trinajstić information content (AvgIpc) is 2.26. The second-order valence-electron chi connectivity index (χ2n) is 2.71. The molecule has 0 unspecified atom stereocenters.